The molecular formula is C79H142O16P2. The van der Waals surface area contributed by atoms with E-state index in [-0.39, 0.29) is 19.3 Å². The van der Waals surface area contributed by atoms with Gasteiger partial charge in [0.05, 0.1) is 26.4 Å². The maximum atomic E-state index is 12.9. The molecule has 0 aromatic heterocycles. The van der Waals surface area contributed by atoms with Crippen LogP contribution in [0.25, 0.3) is 0 Å². The predicted molar refractivity (Wildman–Crippen MR) is 399 cm³/mol. The molecule has 0 heterocycles. The molecule has 0 saturated heterocycles. The first-order chi connectivity index (χ1) is 47.2. The Morgan fingerprint density at radius 3 is 0.845 bits per heavy atom. The van der Waals surface area contributed by atoms with Crippen molar-refractivity contribution in [2.75, 3.05) is 39.6 Å². The highest BCUT2D eigenvalue weighted by Gasteiger charge is 2.29. The molecule has 5 atom stereocenters. The molecule has 0 saturated carbocycles. The van der Waals surface area contributed by atoms with Gasteiger partial charge >= 0.3 is 33.6 Å². The molecule has 97 heavy (non-hydrogen) atoms. The van der Waals surface area contributed by atoms with Crippen LogP contribution in [0, 0.1) is 0 Å². The molecule has 0 radical (unpaired) electrons. The molecule has 18 heteroatoms. The Bertz CT molecular complexity index is 2110. The first-order valence-corrected chi connectivity index (χ1v) is 41.9. The smallest absolute Gasteiger partial charge is 0.463 e. The minimum absolute atomic E-state index is 0.0936. The number of aliphatic hydroxyl groups excluding tert-OH is 2. The number of esters is 3. The second-order valence-corrected chi connectivity index (χ2v) is 29.1. The van der Waals surface area contributed by atoms with E-state index in [9.17, 15) is 43.5 Å². The maximum Gasteiger partial charge on any atom is 0.472 e. The van der Waals surface area contributed by atoms with Crippen LogP contribution < -0.4 is 0 Å². The number of allylic oxidation sites excluding steroid dienone is 14. The second-order valence-electron chi connectivity index (χ2n) is 26.2. The van der Waals surface area contributed by atoms with Crippen LogP contribution in [-0.4, -0.2) is 95.9 Å². The summed E-state index contributed by atoms with van der Waals surface area (Å²) in [6.45, 7) is 2.63. The third-order valence-electron chi connectivity index (χ3n) is 16.6. The van der Waals surface area contributed by atoms with Crippen molar-refractivity contribution >= 4 is 33.6 Å². The lowest BCUT2D eigenvalue weighted by Gasteiger charge is -2.21. The summed E-state index contributed by atoms with van der Waals surface area (Å²) in [5.74, 6) is -1.59. The van der Waals surface area contributed by atoms with Gasteiger partial charge in [-0.3, -0.25) is 32.5 Å². The summed E-state index contributed by atoms with van der Waals surface area (Å²) in [4.78, 5) is 58.5. The minimum Gasteiger partial charge on any atom is -0.463 e. The fourth-order valence-corrected chi connectivity index (χ4v) is 12.2. The molecule has 0 aromatic carbocycles. The number of carbonyl (C=O) groups is 3. The molecule has 4 N–H and O–H groups in total. The van der Waals surface area contributed by atoms with Gasteiger partial charge in [0.25, 0.3) is 0 Å². The Hall–Kier alpha value is -3.27. The summed E-state index contributed by atoms with van der Waals surface area (Å²) >= 11 is 0. The van der Waals surface area contributed by atoms with Crippen LogP contribution in [0.4, 0.5) is 0 Å². The van der Waals surface area contributed by atoms with Crippen LogP contribution in [0.2, 0.25) is 0 Å². The molecule has 0 spiro atoms. The standard InChI is InChI=1S/C79H142O16P2/c1-4-7-10-13-16-19-22-25-28-29-30-31-32-33-34-35-36-37-38-39-40-41-42-43-46-48-50-53-56-59-62-65-77(82)89-68-74(80)69-91-96(85,86)92-70-75(81)71-93-97(87,88)94-73-76(95-79(84)67-64-61-58-55-52-49-45-27-24-21-18-15-12-9-6-3)72-90-78(83)66-63-60-57-54-51-47-44-26-23-20-17-14-11-8-5-2/h16-17,19-20,25-28,30-31,33-34,44-45,74-76,80-81H,4-15,18,21-24,29,32,35-43,46-73H2,1-3H3,(H,85,86)(H,87,88)/b19-16-,20-17-,28-25-,31-30-,34-33-,44-26-,45-27-. The molecule has 5 unspecified atom stereocenters. The van der Waals surface area contributed by atoms with Gasteiger partial charge in [0.1, 0.15) is 25.4 Å². The third kappa shape index (κ3) is 73.8. The monoisotopic (exact) mass is 1410 g/mol. The van der Waals surface area contributed by atoms with Crippen LogP contribution in [0.3, 0.4) is 0 Å². The zero-order valence-corrected chi connectivity index (χ0v) is 63.3. The number of ether oxygens (including phenoxy) is 3. The zero-order chi connectivity index (χ0) is 70.9. The summed E-state index contributed by atoms with van der Waals surface area (Å²) in [6, 6.07) is 0. The number of phosphoric acid groups is 2. The van der Waals surface area contributed by atoms with Crippen molar-refractivity contribution in [2.24, 2.45) is 0 Å². The number of phosphoric ester groups is 2. The maximum absolute atomic E-state index is 12.9. The zero-order valence-electron chi connectivity index (χ0n) is 61.5. The number of rotatable bonds is 74. The lowest BCUT2D eigenvalue weighted by atomic mass is 10.0. The van der Waals surface area contributed by atoms with Gasteiger partial charge < -0.3 is 34.2 Å². The molecule has 0 fully saturated rings. The molecule has 564 valence electrons. The van der Waals surface area contributed by atoms with Gasteiger partial charge in [0, 0.05) is 19.3 Å². The van der Waals surface area contributed by atoms with Crippen molar-refractivity contribution in [3.8, 4) is 0 Å². The van der Waals surface area contributed by atoms with Crippen molar-refractivity contribution in [1.82, 2.24) is 0 Å². The Balaban J connectivity index is 4.43. The van der Waals surface area contributed by atoms with Gasteiger partial charge in [-0.05, 0) is 122 Å². The number of hydrogen-bond acceptors (Lipinski definition) is 14. The molecule has 0 aliphatic heterocycles. The van der Waals surface area contributed by atoms with Gasteiger partial charge in [-0.15, -0.1) is 0 Å². The van der Waals surface area contributed by atoms with E-state index >= 15 is 0 Å². The Labute approximate surface area is 591 Å². The van der Waals surface area contributed by atoms with Gasteiger partial charge in [0.2, 0.25) is 0 Å². The number of unbranched alkanes of at least 4 members (excludes halogenated alkanes) is 37. The second kappa shape index (κ2) is 72.5. The normalized spacial score (nSPS) is 14.5. The van der Waals surface area contributed by atoms with Crippen LogP contribution in [0.1, 0.15) is 342 Å². The quantitative estimate of drug-likeness (QED) is 0.0146. The van der Waals surface area contributed by atoms with Gasteiger partial charge in [-0.1, -0.05) is 286 Å². The van der Waals surface area contributed by atoms with Gasteiger partial charge in [0.15, 0.2) is 6.10 Å². The van der Waals surface area contributed by atoms with E-state index in [1.165, 1.54) is 161 Å². The lowest BCUT2D eigenvalue weighted by molar-refractivity contribution is -0.161. The largest absolute Gasteiger partial charge is 0.472 e. The van der Waals surface area contributed by atoms with E-state index in [0.29, 0.717) is 19.3 Å². The molecular weight excluding hydrogens is 1270 g/mol. The van der Waals surface area contributed by atoms with Crippen molar-refractivity contribution in [2.45, 2.75) is 360 Å². The number of hydrogen-bond donors (Lipinski definition) is 4. The predicted octanol–water partition coefficient (Wildman–Crippen LogP) is 22.4. The van der Waals surface area contributed by atoms with E-state index in [1.807, 2.05) is 0 Å². The first-order valence-electron chi connectivity index (χ1n) is 38.9. The molecule has 0 rings (SSSR count). The summed E-state index contributed by atoms with van der Waals surface area (Å²) in [5, 5.41) is 20.6. The topological polar surface area (TPSA) is 231 Å². The van der Waals surface area contributed by atoms with Crippen LogP contribution in [-0.2, 0) is 55.8 Å². The van der Waals surface area contributed by atoms with E-state index in [1.54, 1.807) is 0 Å². The summed E-state index contributed by atoms with van der Waals surface area (Å²) in [5.41, 5.74) is 0. The number of carbonyl (C=O) groups excluding carboxylic acids is 3. The molecule has 16 nitrogen and oxygen atoms in total. The highest BCUT2D eigenvalue weighted by atomic mass is 31.2. The van der Waals surface area contributed by atoms with Crippen molar-refractivity contribution in [3.63, 3.8) is 0 Å². The molecule has 0 aromatic rings. The highest BCUT2D eigenvalue weighted by Crippen LogP contribution is 2.45. The fraction of sp³-hybridized carbons (Fsp3) is 0.785. The Kier molecular flexibility index (Phi) is 70.1. The van der Waals surface area contributed by atoms with Crippen LogP contribution in [0.15, 0.2) is 85.1 Å². The van der Waals surface area contributed by atoms with Crippen molar-refractivity contribution in [3.05, 3.63) is 85.1 Å². The SMILES string of the molecule is CCCCC/C=C\C/C=C\C/C=C\C/C=C\CCCCCCCCCCCCCCCCCC(=O)OCC(O)COP(=O)(O)OCC(O)COP(=O)(O)OCC(COC(=O)CCCCCCC/C=C\C/C=C\CCCCC)OC(=O)CCCCCCC/C=C\CCCCCCCC. The average molecular weight is 1410 g/mol. The van der Waals surface area contributed by atoms with E-state index in [0.717, 1.165) is 122 Å². The lowest BCUT2D eigenvalue weighted by Crippen LogP contribution is -2.30. The van der Waals surface area contributed by atoms with Crippen molar-refractivity contribution in [1.29, 1.82) is 0 Å². The Morgan fingerprint density at radius 1 is 0.289 bits per heavy atom. The number of aliphatic hydroxyl groups is 2. The van der Waals surface area contributed by atoms with E-state index in [2.05, 4.69) is 106 Å². The van der Waals surface area contributed by atoms with Crippen LogP contribution in [0.5, 0.6) is 0 Å². The van der Waals surface area contributed by atoms with Crippen LogP contribution >= 0.6 is 15.6 Å². The molecule has 0 bridgehead atoms. The highest BCUT2D eigenvalue weighted by molar-refractivity contribution is 7.47. The van der Waals surface area contributed by atoms with Gasteiger partial charge in [-0.2, -0.15) is 0 Å². The average Bonchev–Trinajstić information content (AvgIpc) is 1.84. The van der Waals surface area contributed by atoms with Crippen molar-refractivity contribution < 1.29 is 75.8 Å². The minimum atomic E-state index is -4.93. The summed E-state index contributed by atoms with van der Waals surface area (Å²) < 4.78 is 61.0. The van der Waals surface area contributed by atoms with E-state index in [4.69, 9.17) is 32.3 Å². The summed E-state index contributed by atoms with van der Waals surface area (Å²) in [6.07, 6.45) is 80.7. The molecule has 0 amide bonds. The molecule has 0 aliphatic carbocycles. The van der Waals surface area contributed by atoms with Gasteiger partial charge in [-0.25, -0.2) is 9.13 Å². The Morgan fingerprint density at radius 2 is 0.515 bits per heavy atom. The fourth-order valence-electron chi connectivity index (χ4n) is 10.6. The first kappa shape index (κ1) is 93.7. The van der Waals surface area contributed by atoms with E-state index < -0.39 is 91.5 Å². The third-order valence-corrected chi connectivity index (χ3v) is 18.5. The summed E-state index contributed by atoms with van der Waals surface area (Å²) in [7, 11) is -9.78. The molecule has 0 aliphatic rings.